The molecule has 28 heavy (non-hydrogen) atoms. The highest BCUT2D eigenvalue weighted by Gasteiger charge is 2.16. The number of benzene rings is 3. The average molecular weight is 374 g/mol. The molecule has 0 saturated carbocycles. The largest absolute Gasteiger partial charge is 0.204 e. The van der Waals surface area contributed by atoms with E-state index in [0.29, 0.717) is 22.3 Å². The molecule has 0 radical (unpaired) electrons. The van der Waals surface area contributed by atoms with E-state index in [0.717, 1.165) is 22.3 Å². The second-order valence-electron chi connectivity index (χ2n) is 6.09. The van der Waals surface area contributed by atoms with Crippen LogP contribution in [-0.4, -0.2) is 0 Å². The number of nitrogens with zero attached hydrogens (tertiary/aromatic N) is 2. The van der Waals surface area contributed by atoms with Crippen LogP contribution >= 0.6 is 0 Å². The van der Waals surface area contributed by atoms with Crippen LogP contribution in [0.3, 0.4) is 0 Å². The minimum absolute atomic E-state index is 0.505. The molecule has 3 rings (SSSR count). The minimum atomic E-state index is -0.932. The SMILES string of the molecule is CC.Cc1cc(C#N)ccc1-c1cc(F)c(F)cc1-c1ccc(C#N)cc1C. The van der Waals surface area contributed by atoms with Crippen LogP contribution in [0.5, 0.6) is 0 Å². The molecule has 0 aliphatic rings. The fourth-order valence-corrected chi connectivity index (χ4v) is 3.06. The number of aryl methyl sites for hydroxylation is 2. The normalized spacial score (nSPS) is 9.71. The fourth-order valence-electron chi connectivity index (χ4n) is 3.06. The Morgan fingerprint density at radius 1 is 0.607 bits per heavy atom. The molecule has 0 unspecified atom stereocenters. The molecule has 4 heteroatoms. The van der Waals surface area contributed by atoms with Gasteiger partial charge in [-0.1, -0.05) is 26.0 Å². The van der Waals surface area contributed by atoms with E-state index in [2.05, 4.69) is 12.1 Å². The van der Waals surface area contributed by atoms with Crippen LogP contribution in [0.4, 0.5) is 8.78 Å². The summed E-state index contributed by atoms with van der Waals surface area (Å²) in [6.07, 6.45) is 0. The molecule has 0 N–H and O–H groups in total. The highest BCUT2D eigenvalue weighted by molar-refractivity contribution is 5.86. The van der Waals surface area contributed by atoms with Crippen LogP contribution < -0.4 is 0 Å². The molecule has 140 valence electrons. The van der Waals surface area contributed by atoms with Gasteiger partial charge in [-0.25, -0.2) is 8.78 Å². The maximum Gasteiger partial charge on any atom is 0.159 e. The van der Waals surface area contributed by atoms with E-state index < -0.39 is 11.6 Å². The van der Waals surface area contributed by atoms with E-state index >= 15 is 0 Å². The van der Waals surface area contributed by atoms with Gasteiger partial charge in [-0.05, 0) is 83.6 Å². The summed E-state index contributed by atoms with van der Waals surface area (Å²) in [5.74, 6) is -1.86. The van der Waals surface area contributed by atoms with Crippen LogP contribution in [0.1, 0.15) is 36.1 Å². The summed E-state index contributed by atoms with van der Waals surface area (Å²) in [5.41, 5.74) is 5.13. The highest BCUT2D eigenvalue weighted by Crippen LogP contribution is 2.37. The molecule has 0 heterocycles. The standard InChI is InChI=1S/C22H14F2N2.C2H6/c1-13-7-15(11-25)3-5-17(13)19-9-21(23)22(24)10-20(19)18-6-4-16(12-26)8-14(18)2;1-2/h3-10H,1-2H3;1-2H3. The third kappa shape index (κ3) is 4.08. The first-order valence-corrected chi connectivity index (χ1v) is 8.96. The average Bonchev–Trinajstić information content (AvgIpc) is 2.71. The molecular weight excluding hydrogens is 354 g/mol. The van der Waals surface area contributed by atoms with Gasteiger partial charge in [-0.2, -0.15) is 10.5 Å². The Hall–Kier alpha value is -3.50. The van der Waals surface area contributed by atoms with E-state index in [-0.39, 0.29) is 0 Å². The van der Waals surface area contributed by atoms with E-state index in [1.54, 1.807) is 36.4 Å². The second kappa shape index (κ2) is 8.93. The molecule has 0 atom stereocenters. The van der Waals surface area contributed by atoms with Gasteiger partial charge in [0.2, 0.25) is 0 Å². The van der Waals surface area contributed by atoms with E-state index in [1.807, 2.05) is 27.7 Å². The number of hydrogen-bond donors (Lipinski definition) is 0. The lowest BCUT2D eigenvalue weighted by Crippen LogP contribution is -1.95. The zero-order valence-electron chi connectivity index (χ0n) is 16.3. The molecule has 2 nitrogen and oxygen atoms in total. The van der Waals surface area contributed by atoms with Gasteiger partial charge in [-0.3, -0.25) is 0 Å². The number of hydrogen-bond acceptors (Lipinski definition) is 2. The fraction of sp³-hybridized carbons (Fsp3) is 0.167. The second-order valence-corrected chi connectivity index (χ2v) is 6.09. The summed E-state index contributed by atoms with van der Waals surface area (Å²) < 4.78 is 28.0. The molecule has 0 aliphatic carbocycles. The Morgan fingerprint density at radius 2 is 0.964 bits per heavy atom. The molecule has 0 bridgehead atoms. The van der Waals surface area contributed by atoms with Gasteiger partial charge in [-0.15, -0.1) is 0 Å². The molecule has 3 aromatic rings. The van der Waals surface area contributed by atoms with Gasteiger partial charge in [0.1, 0.15) is 0 Å². The maximum atomic E-state index is 14.0. The first-order chi connectivity index (χ1) is 13.4. The van der Waals surface area contributed by atoms with Crippen LogP contribution in [0.15, 0.2) is 48.5 Å². The van der Waals surface area contributed by atoms with E-state index in [4.69, 9.17) is 10.5 Å². The van der Waals surface area contributed by atoms with Gasteiger partial charge >= 0.3 is 0 Å². The summed E-state index contributed by atoms with van der Waals surface area (Å²) >= 11 is 0. The Labute approximate surface area is 164 Å². The third-order valence-corrected chi connectivity index (χ3v) is 4.35. The Balaban J connectivity index is 0.00000136. The molecule has 0 aromatic heterocycles. The van der Waals surface area contributed by atoms with Crippen molar-refractivity contribution >= 4 is 0 Å². The third-order valence-electron chi connectivity index (χ3n) is 4.35. The molecular formula is C24H20F2N2. The summed E-state index contributed by atoms with van der Waals surface area (Å²) in [6, 6.07) is 16.7. The van der Waals surface area contributed by atoms with Crippen molar-refractivity contribution in [2.45, 2.75) is 27.7 Å². The molecule has 0 fully saturated rings. The minimum Gasteiger partial charge on any atom is -0.204 e. The molecule has 0 aliphatic heterocycles. The smallest absolute Gasteiger partial charge is 0.159 e. The maximum absolute atomic E-state index is 14.0. The lowest BCUT2D eigenvalue weighted by Gasteiger charge is -2.15. The summed E-state index contributed by atoms with van der Waals surface area (Å²) in [4.78, 5) is 0. The predicted molar refractivity (Wildman–Crippen MR) is 107 cm³/mol. The summed E-state index contributed by atoms with van der Waals surface area (Å²) in [6.45, 7) is 7.65. The van der Waals surface area contributed by atoms with Crippen molar-refractivity contribution in [2.24, 2.45) is 0 Å². The zero-order valence-corrected chi connectivity index (χ0v) is 16.3. The van der Waals surface area contributed by atoms with Crippen molar-refractivity contribution < 1.29 is 8.78 Å². The topological polar surface area (TPSA) is 47.6 Å². The van der Waals surface area contributed by atoms with Gasteiger partial charge < -0.3 is 0 Å². The number of rotatable bonds is 2. The van der Waals surface area contributed by atoms with Crippen molar-refractivity contribution in [1.82, 2.24) is 0 Å². The predicted octanol–water partition coefficient (Wildman–Crippen LogP) is 6.69. The summed E-state index contributed by atoms with van der Waals surface area (Å²) in [7, 11) is 0. The van der Waals surface area contributed by atoms with Gasteiger partial charge in [0.05, 0.1) is 23.3 Å². The van der Waals surface area contributed by atoms with Crippen molar-refractivity contribution in [3.05, 3.63) is 82.4 Å². The lowest BCUT2D eigenvalue weighted by molar-refractivity contribution is 0.509. The zero-order chi connectivity index (χ0) is 20.8. The van der Waals surface area contributed by atoms with E-state index in [9.17, 15) is 8.78 Å². The van der Waals surface area contributed by atoms with Gasteiger partial charge in [0.25, 0.3) is 0 Å². The van der Waals surface area contributed by atoms with Gasteiger partial charge in [0, 0.05) is 0 Å². The number of halogens is 2. The quantitative estimate of drug-likeness (QED) is 0.502. The van der Waals surface area contributed by atoms with Crippen LogP contribution in [0.2, 0.25) is 0 Å². The van der Waals surface area contributed by atoms with Crippen molar-refractivity contribution in [1.29, 1.82) is 10.5 Å². The van der Waals surface area contributed by atoms with E-state index in [1.165, 1.54) is 12.1 Å². The van der Waals surface area contributed by atoms with Crippen molar-refractivity contribution in [3.63, 3.8) is 0 Å². The Morgan fingerprint density at radius 3 is 1.25 bits per heavy atom. The number of nitriles is 2. The first-order valence-electron chi connectivity index (χ1n) is 8.96. The molecule has 0 amide bonds. The monoisotopic (exact) mass is 374 g/mol. The van der Waals surface area contributed by atoms with Gasteiger partial charge in [0.15, 0.2) is 11.6 Å². The first kappa shape index (κ1) is 20.8. The van der Waals surface area contributed by atoms with Crippen LogP contribution in [-0.2, 0) is 0 Å². The summed E-state index contributed by atoms with van der Waals surface area (Å²) in [5, 5.41) is 18.1. The van der Waals surface area contributed by atoms with Crippen molar-refractivity contribution in [2.75, 3.05) is 0 Å². The molecule has 0 saturated heterocycles. The molecule has 3 aromatic carbocycles. The van der Waals surface area contributed by atoms with Crippen molar-refractivity contribution in [3.8, 4) is 34.4 Å². The molecule has 0 spiro atoms. The Kier molecular flexibility index (Phi) is 6.64. The van der Waals surface area contributed by atoms with Crippen LogP contribution in [0, 0.1) is 48.1 Å². The lowest BCUT2D eigenvalue weighted by atomic mass is 9.89. The Bertz CT molecular complexity index is 1010. The van der Waals surface area contributed by atoms with Crippen LogP contribution in [0.25, 0.3) is 22.3 Å². The highest BCUT2D eigenvalue weighted by atomic mass is 19.2.